The summed E-state index contributed by atoms with van der Waals surface area (Å²) in [7, 11) is 0. The molecule has 0 saturated heterocycles. The molecule has 0 fully saturated rings. The molecule has 0 amide bonds. The van der Waals surface area contributed by atoms with Gasteiger partial charge in [-0.05, 0) is 0 Å². The van der Waals surface area contributed by atoms with Crippen LogP contribution in [-0.2, 0) is 29.3 Å². The van der Waals surface area contributed by atoms with Gasteiger partial charge in [0.25, 0.3) is 0 Å². The van der Waals surface area contributed by atoms with Crippen molar-refractivity contribution in [2.24, 2.45) is 0 Å². The SMILES string of the molecule is [CH2-]Cc1ccccc1.[CH2-]Cc1ccccc1.[Ni+2]. The van der Waals surface area contributed by atoms with Crippen LogP contribution in [0.2, 0.25) is 0 Å². The van der Waals surface area contributed by atoms with Gasteiger partial charge in [-0.1, -0.05) is 71.8 Å². The van der Waals surface area contributed by atoms with Crippen molar-refractivity contribution in [3.8, 4) is 0 Å². The number of rotatable bonds is 2. The molecule has 0 N–H and O–H groups in total. The van der Waals surface area contributed by atoms with Crippen molar-refractivity contribution in [3.05, 3.63) is 85.6 Å². The zero-order valence-electron chi connectivity index (χ0n) is 9.92. The molecule has 17 heavy (non-hydrogen) atoms. The van der Waals surface area contributed by atoms with E-state index in [-0.39, 0.29) is 16.5 Å². The van der Waals surface area contributed by atoms with Crippen LogP contribution in [-0.4, -0.2) is 0 Å². The maximum atomic E-state index is 3.76. The molecule has 0 aliphatic rings. The van der Waals surface area contributed by atoms with Crippen LogP contribution < -0.4 is 0 Å². The Kier molecular flexibility index (Phi) is 9.48. The van der Waals surface area contributed by atoms with E-state index in [1.165, 1.54) is 11.1 Å². The van der Waals surface area contributed by atoms with Crippen LogP contribution in [0.3, 0.4) is 0 Å². The van der Waals surface area contributed by atoms with E-state index in [0.29, 0.717) is 0 Å². The van der Waals surface area contributed by atoms with E-state index in [4.69, 9.17) is 0 Å². The van der Waals surface area contributed by atoms with E-state index in [1.807, 2.05) is 36.4 Å². The first-order valence-corrected chi connectivity index (χ1v) is 5.53. The third kappa shape index (κ3) is 6.97. The maximum absolute atomic E-state index is 3.76. The molecular weight excluding hydrogens is 251 g/mol. The summed E-state index contributed by atoms with van der Waals surface area (Å²) in [6.45, 7) is 7.51. The van der Waals surface area contributed by atoms with Gasteiger partial charge in [-0.3, -0.25) is 0 Å². The molecule has 0 atom stereocenters. The zero-order valence-corrected chi connectivity index (χ0v) is 10.9. The average Bonchev–Trinajstić information content (AvgIpc) is 2.41. The topological polar surface area (TPSA) is 0 Å². The zero-order chi connectivity index (χ0) is 11.6. The second kappa shape index (κ2) is 10.1. The predicted molar refractivity (Wildman–Crippen MR) is 71.0 cm³/mol. The molecule has 0 bridgehead atoms. The number of hydrogen-bond donors (Lipinski definition) is 0. The molecule has 0 nitrogen and oxygen atoms in total. The van der Waals surface area contributed by atoms with Crippen LogP contribution in [0.5, 0.6) is 0 Å². The smallest absolute Gasteiger partial charge is 0.339 e. The summed E-state index contributed by atoms with van der Waals surface area (Å²) in [6.07, 6.45) is 1.78. The summed E-state index contributed by atoms with van der Waals surface area (Å²) < 4.78 is 0. The largest absolute Gasteiger partial charge is 2.00 e. The van der Waals surface area contributed by atoms with Crippen molar-refractivity contribution >= 4 is 0 Å². The van der Waals surface area contributed by atoms with Crippen molar-refractivity contribution in [1.82, 2.24) is 0 Å². The summed E-state index contributed by atoms with van der Waals surface area (Å²) >= 11 is 0. The van der Waals surface area contributed by atoms with Crippen molar-refractivity contribution in [2.75, 3.05) is 0 Å². The maximum Gasteiger partial charge on any atom is 2.00 e. The normalized spacial score (nSPS) is 8.59. The summed E-state index contributed by atoms with van der Waals surface area (Å²) in [4.78, 5) is 0. The molecule has 0 unspecified atom stereocenters. The molecule has 2 rings (SSSR count). The standard InChI is InChI=1S/2C8H9.Ni/c2*1-2-8-6-4-3-5-7-8;/h2*3-7H,1-2H2;/q2*-1;+2. The second-order valence-corrected chi connectivity index (χ2v) is 3.47. The number of benzene rings is 2. The molecule has 0 spiro atoms. The van der Waals surface area contributed by atoms with Gasteiger partial charge in [-0.2, -0.15) is 12.8 Å². The Balaban J connectivity index is 0.000000284. The fourth-order valence-corrected chi connectivity index (χ4v) is 1.29. The summed E-state index contributed by atoms with van der Waals surface area (Å²) in [5.41, 5.74) is 2.60. The fraction of sp³-hybridized carbons (Fsp3) is 0.125. The third-order valence-corrected chi connectivity index (χ3v) is 2.26. The molecule has 0 radical (unpaired) electrons. The third-order valence-electron chi connectivity index (χ3n) is 2.26. The molecule has 0 aliphatic heterocycles. The summed E-state index contributed by atoms with van der Waals surface area (Å²) in [5.74, 6) is 0. The van der Waals surface area contributed by atoms with Gasteiger partial charge in [0.05, 0.1) is 0 Å². The van der Waals surface area contributed by atoms with Gasteiger partial charge < -0.3 is 13.8 Å². The van der Waals surface area contributed by atoms with E-state index in [9.17, 15) is 0 Å². The Bertz CT molecular complexity index is 328. The van der Waals surface area contributed by atoms with Gasteiger partial charge in [-0.25, -0.2) is 0 Å². The minimum absolute atomic E-state index is 0. The van der Waals surface area contributed by atoms with Crippen LogP contribution in [0.25, 0.3) is 0 Å². The van der Waals surface area contributed by atoms with Crippen LogP contribution in [0.15, 0.2) is 60.7 Å². The molecule has 1 heteroatoms. The first-order chi connectivity index (χ1) is 7.86. The summed E-state index contributed by atoms with van der Waals surface area (Å²) in [5, 5.41) is 0. The van der Waals surface area contributed by atoms with E-state index in [1.54, 1.807) is 0 Å². The van der Waals surface area contributed by atoms with Crippen molar-refractivity contribution in [3.63, 3.8) is 0 Å². The van der Waals surface area contributed by atoms with Crippen molar-refractivity contribution in [2.45, 2.75) is 12.8 Å². The predicted octanol–water partition coefficient (Wildman–Crippen LogP) is 4.12. The molecule has 2 aromatic rings. The second-order valence-electron chi connectivity index (χ2n) is 3.47. The Morgan fingerprint density at radius 1 is 0.588 bits per heavy atom. The van der Waals surface area contributed by atoms with E-state index in [2.05, 4.69) is 38.1 Å². The van der Waals surface area contributed by atoms with Crippen molar-refractivity contribution in [1.29, 1.82) is 0 Å². The Hall–Kier alpha value is -1.07. The molecule has 0 saturated carbocycles. The van der Waals surface area contributed by atoms with Crippen LogP contribution in [0.4, 0.5) is 0 Å². The molecule has 2 aromatic carbocycles. The number of hydrogen-bond acceptors (Lipinski definition) is 0. The minimum Gasteiger partial charge on any atom is -0.339 e. The van der Waals surface area contributed by atoms with Crippen molar-refractivity contribution < 1.29 is 16.5 Å². The van der Waals surface area contributed by atoms with E-state index < -0.39 is 0 Å². The molecular formula is C16H18Ni. The van der Waals surface area contributed by atoms with Gasteiger partial charge in [0.15, 0.2) is 0 Å². The summed E-state index contributed by atoms with van der Waals surface area (Å²) in [6, 6.07) is 20.4. The minimum atomic E-state index is 0. The molecule has 0 aliphatic carbocycles. The average molecular weight is 269 g/mol. The molecule has 92 valence electrons. The Labute approximate surface area is 115 Å². The van der Waals surface area contributed by atoms with Crippen LogP contribution in [0, 0.1) is 13.8 Å². The van der Waals surface area contributed by atoms with Crippen LogP contribution >= 0.6 is 0 Å². The monoisotopic (exact) mass is 268 g/mol. The fourth-order valence-electron chi connectivity index (χ4n) is 1.29. The first-order valence-electron chi connectivity index (χ1n) is 5.53. The van der Waals surface area contributed by atoms with Gasteiger partial charge in [0.2, 0.25) is 0 Å². The molecule has 0 aromatic heterocycles. The first kappa shape index (κ1) is 15.9. The van der Waals surface area contributed by atoms with Gasteiger partial charge in [0.1, 0.15) is 0 Å². The van der Waals surface area contributed by atoms with Crippen LogP contribution in [0.1, 0.15) is 11.1 Å². The Morgan fingerprint density at radius 2 is 0.882 bits per heavy atom. The molecule has 0 heterocycles. The van der Waals surface area contributed by atoms with Gasteiger partial charge in [0, 0.05) is 0 Å². The van der Waals surface area contributed by atoms with Gasteiger partial charge >= 0.3 is 16.5 Å². The Morgan fingerprint density at radius 3 is 1.06 bits per heavy atom. The quantitative estimate of drug-likeness (QED) is 0.568. The van der Waals surface area contributed by atoms with Gasteiger partial charge in [-0.15, -0.1) is 0 Å². The van der Waals surface area contributed by atoms with E-state index in [0.717, 1.165) is 12.8 Å². The van der Waals surface area contributed by atoms with E-state index >= 15 is 0 Å².